The average molecular weight is 287 g/mol. The first-order valence-electron chi connectivity index (χ1n) is 0. The van der Waals surface area contributed by atoms with Gasteiger partial charge in [-0.25, -0.2) is 0 Å². The van der Waals surface area contributed by atoms with Crippen LogP contribution in [0.1, 0.15) is 0 Å². The van der Waals surface area contributed by atoms with E-state index in [-0.39, 0.29) is 63.1 Å². The molecule has 0 amide bonds. The van der Waals surface area contributed by atoms with Gasteiger partial charge in [0.05, 0.1) is 0 Å². The second kappa shape index (κ2) is 562. The number of hydrogen-bond donors (Lipinski definition) is 0. The van der Waals surface area contributed by atoms with Crippen LogP contribution in [0.25, 0.3) is 12.3 Å². The van der Waals surface area contributed by atoms with Gasteiger partial charge in [-0.05, 0) is 0 Å². The Labute approximate surface area is 63.5 Å². The molecular formula is C4H16N2Pt-6. The normalized spacial score (nSPS) is 0. The van der Waals surface area contributed by atoms with Gasteiger partial charge in [-0.1, -0.05) is 0 Å². The zero-order valence-electron chi connectivity index (χ0n) is 5.47. The third-order valence-electron chi connectivity index (χ3n) is 0. The molecule has 0 bridgehead atoms. The molecule has 7 heavy (non-hydrogen) atoms. The van der Waals surface area contributed by atoms with Crippen molar-refractivity contribution in [3.8, 4) is 0 Å². The van der Waals surface area contributed by atoms with Gasteiger partial charge in [-0.15, -0.1) is 0 Å². The molecule has 0 spiro atoms. The van der Waals surface area contributed by atoms with Crippen molar-refractivity contribution in [3.05, 3.63) is 42.0 Å². The van der Waals surface area contributed by atoms with Crippen LogP contribution in [0.15, 0.2) is 0 Å². The molecule has 0 saturated heterocycles. The molecule has 0 aromatic carbocycles. The molecule has 0 fully saturated rings. The van der Waals surface area contributed by atoms with E-state index in [9.17, 15) is 0 Å². The second-order valence-electron chi connectivity index (χ2n) is 0. The molecule has 0 unspecified atom stereocenters. The summed E-state index contributed by atoms with van der Waals surface area (Å²) in [6.07, 6.45) is 0. The van der Waals surface area contributed by atoms with E-state index < -0.39 is 0 Å². The maximum Gasteiger partial charge on any atom is 0 e. The van der Waals surface area contributed by atoms with Gasteiger partial charge in [-0.3, -0.25) is 0 Å². The molecule has 3 heteroatoms. The first-order valence-corrected chi connectivity index (χ1v) is 0. The van der Waals surface area contributed by atoms with Crippen LogP contribution < -0.4 is 0 Å². The fraction of sp³-hybridized carbons (Fsp3) is 0. The van der Waals surface area contributed by atoms with E-state index in [1.54, 1.807) is 0 Å². The molecule has 0 aliphatic rings. The Morgan fingerprint density at radius 2 is 0.429 bits per heavy atom. The van der Waals surface area contributed by atoms with Gasteiger partial charge in [-0.2, -0.15) is 0 Å². The van der Waals surface area contributed by atoms with Crippen LogP contribution in [0.5, 0.6) is 0 Å². The molecule has 0 saturated carbocycles. The van der Waals surface area contributed by atoms with Gasteiger partial charge in [0, 0.05) is 21.1 Å². The summed E-state index contributed by atoms with van der Waals surface area (Å²) in [5, 5.41) is 0. The van der Waals surface area contributed by atoms with Crippen molar-refractivity contribution in [2.45, 2.75) is 0 Å². The quantitative estimate of drug-likeness (QED) is 0.614. The summed E-state index contributed by atoms with van der Waals surface area (Å²) in [6.45, 7) is 0. The molecule has 0 rings (SSSR count). The average Bonchev–Trinajstić information content (AvgIpc) is 0. The van der Waals surface area contributed by atoms with Crippen LogP contribution in [0.3, 0.4) is 0 Å². The molecule has 0 heterocycles. The third kappa shape index (κ3) is 379. The summed E-state index contributed by atoms with van der Waals surface area (Å²) in [6, 6.07) is 0. The topological polar surface area (TPSA) is 67.0 Å². The van der Waals surface area contributed by atoms with Gasteiger partial charge in [0.25, 0.3) is 0 Å². The summed E-state index contributed by atoms with van der Waals surface area (Å²) in [5.74, 6) is 0. The fourth-order valence-corrected chi connectivity index (χ4v) is 0. The van der Waals surface area contributed by atoms with Crippen LogP contribution in [-0.4, -0.2) is 0 Å². The number of nitrogens with two attached hydrogens (primary N) is 2. The molecule has 58 valence electrons. The first kappa shape index (κ1) is 898. The van der Waals surface area contributed by atoms with Crippen LogP contribution in [0, 0.1) is 29.7 Å². The third-order valence-corrected chi connectivity index (χ3v) is 0. The number of rotatable bonds is 0. The Balaban J connectivity index is 0. The summed E-state index contributed by atoms with van der Waals surface area (Å²) in [5.41, 5.74) is 0. The maximum absolute atomic E-state index is 0. The molecule has 0 aromatic rings. The molecule has 4 N–H and O–H groups in total. The van der Waals surface area contributed by atoms with Gasteiger partial charge in [0.1, 0.15) is 0 Å². The zero-order valence-corrected chi connectivity index (χ0v) is 7.74. The van der Waals surface area contributed by atoms with E-state index in [1.807, 2.05) is 0 Å². The molecule has 0 aromatic heterocycles. The van der Waals surface area contributed by atoms with Crippen molar-refractivity contribution >= 4 is 0 Å². The van der Waals surface area contributed by atoms with Crippen molar-refractivity contribution in [1.82, 2.24) is 0 Å². The minimum Gasteiger partial charge on any atom is -0.693 e. The summed E-state index contributed by atoms with van der Waals surface area (Å²) >= 11 is 0. The van der Waals surface area contributed by atoms with E-state index in [1.165, 1.54) is 0 Å². The van der Waals surface area contributed by atoms with E-state index in [2.05, 4.69) is 0 Å². The van der Waals surface area contributed by atoms with E-state index in [0.717, 1.165) is 0 Å². The SMILES string of the molecule is [CH3-].[CH3-].[CH3-].[CH3-].[NH2-].[NH2-].[Pt]. The minimum absolute atomic E-state index is 0. The monoisotopic (exact) mass is 287 g/mol. The molecule has 0 atom stereocenters. The Morgan fingerprint density at radius 3 is 0.429 bits per heavy atom. The van der Waals surface area contributed by atoms with Gasteiger partial charge >= 0.3 is 0 Å². The largest absolute Gasteiger partial charge is 0.693 e. The minimum atomic E-state index is 0. The molecule has 2 nitrogen and oxygen atoms in total. The van der Waals surface area contributed by atoms with Crippen LogP contribution in [0.2, 0.25) is 0 Å². The standard InChI is InChI=1S/4CH3.2H2N.Pt/h4*1H3;2*1H2;/q6*-1;. The van der Waals surface area contributed by atoms with Crippen molar-refractivity contribution in [3.63, 3.8) is 0 Å². The first-order chi connectivity index (χ1) is 0. The number of hydrogen-bond acceptors (Lipinski definition) is 0. The Kier molecular flexibility index (Phi) is 72000. The zero-order chi connectivity index (χ0) is 0. The van der Waals surface area contributed by atoms with Crippen LogP contribution in [0.4, 0.5) is 0 Å². The van der Waals surface area contributed by atoms with Gasteiger partial charge < -0.3 is 42.0 Å². The Bertz CT molecular complexity index is 9.65. The summed E-state index contributed by atoms with van der Waals surface area (Å²) in [4.78, 5) is 0. The smallest absolute Gasteiger partial charge is 0 e. The predicted molar refractivity (Wildman–Crippen MR) is 36.2 cm³/mol. The van der Waals surface area contributed by atoms with Crippen molar-refractivity contribution in [2.24, 2.45) is 0 Å². The molecule has 0 aliphatic heterocycles. The summed E-state index contributed by atoms with van der Waals surface area (Å²) in [7, 11) is 0. The van der Waals surface area contributed by atoms with Crippen LogP contribution in [-0.2, 0) is 21.1 Å². The Hall–Kier alpha value is 0.608. The predicted octanol–water partition coefficient (Wildman–Crippen LogP) is 3.23. The molecular weight excluding hydrogens is 271 g/mol. The maximum atomic E-state index is 0. The van der Waals surface area contributed by atoms with E-state index in [4.69, 9.17) is 0 Å². The molecule has 0 radical (unpaired) electrons. The molecule has 0 aliphatic carbocycles. The van der Waals surface area contributed by atoms with Crippen molar-refractivity contribution in [1.29, 1.82) is 0 Å². The van der Waals surface area contributed by atoms with Gasteiger partial charge in [0.15, 0.2) is 0 Å². The van der Waals surface area contributed by atoms with Crippen molar-refractivity contribution < 1.29 is 21.1 Å². The van der Waals surface area contributed by atoms with E-state index >= 15 is 0 Å². The second-order valence-corrected chi connectivity index (χ2v) is 0. The van der Waals surface area contributed by atoms with Crippen LogP contribution >= 0.6 is 0 Å². The Morgan fingerprint density at radius 1 is 0.429 bits per heavy atom. The summed E-state index contributed by atoms with van der Waals surface area (Å²) < 4.78 is 0. The van der Waals surface area contributed by atoms with Gasteiger partial charge in [0.2, 0.25) is 0 Å². The van der Waals surface area contributed by atoms with Crippen molar-refractivity contribution in [2.75, 3.05) is 0 Å². The van der Waals surface area contributed by atoms with E-state index in [0.29, 0.717) is 0 Å². The fourth-order valence-electron chi connectivity index (χ4n) is 0.